The molecule has 2 aromatic rings. The zero-order chi connectivity index (χ0) is 12.5. The van der Waals surface area contributed by atoms with Gasteiger partial charge in [0.2, 0.25) is 0 Å². The summed E-state index contributed by atoms with van der Waals surface area (Å²) in [6, 6.07) is 7.46. The molecule has 0 unspecified atom stereocenters. The van der Waals surface area contributed by atoms with Crippen LogP contribution in [0, 0.1) is 0 Å². The highest BCUT2D eigenvalue weighted by Gasteiger charge is 2.33. The molecular weight excluding hydrogens is 233 g/mol. The van der Waals surface area contributed by atoms with E-state index in [1.165, 1.54) is 24.3 Å². The van der Waals surface area contributed by atoms with Gasteiger partial charge in [-0.1, -0.05) is 18.2 Å². The quantitative estimate of drug-likeness (QED) is 0.832. The average molecular weight is 240 g/mol. The average Bonchev–Trinajstić information content (AvgIpc) is 2.29. The molecule has 1 aromatic carbocycles. The Balaban J connectivity index is 2.60. The van der Waals surface area contributed by atoms with Crippen molar-refractivity contribution in [3.05, 3.63) is 52.3 Å². The lowest BCUT2D eigenvalue weighted by atomic mass is 10.0. The first-order chi connectivity index (χ1) is 7.98. The molecular formula is C11H7F3N2O. The van der Waals surface area contributed by atoms with Crippen molar-refractivity contribution in [2.75, 3.05) is 0 Å². The van der Waals surface area contributed by atoms with Crippen molar-refractivity contribution in [2.45, 2.75) is 6.18 Å². The van der Waals surface area contributed by atoms with Gasteiger partial charge >= 0.3 is 6.18 Å². The predicted octanol–water partition coefficient (Wildman–Crippen LogP) is 2.46. The third kappa shape index (κ3) is 2.35. The maximum absolute atomic E-state index is 12.7. The Morgan fingerprint density at radius 3 is 2.35 bits per heavy atom. The third-order valence-electron chi connectivity index (χ3n) is 2.19. The number of hydrogen-bond acceptors (Lipinski definition) is 2. The first kappa shape index (κ1) is 11.4. The number of aromatic amines is 1. The molecule has 1 aromatic heterocycles. The summed E-state index contributed by atoms with van der Waals surface area (Å²) >= 11 is 0. The number of aromatic nitrogens is 2. The molecule has 0 aliphatic heterocycles. The van der Waals surface area contributed by atoms with Crippen molar-refractivity contribution in [1.29, 1.82) is 0 Å². The SMILES string of the molecule is O=c1ccc(-c2ccccc2C(F)(F)F)n[nH]1. The highest BCUT2D eigenvalue weighted by Crippen LogP contribution is 2.35. The highest BCUT2D eigenvalue weighted by molar-refractivity contribution is 5.63. The van der Waals surface area contributed by atoms with Crippen LogP contribution in [-0.2, 0) is 6.18 Å². The first-order valence-electron chi connectivity index (χ1n) is 4.71. The van der Waals surface area contributed by atoms with Gasteiger partial charge in [0, 0.05) is 11.6 Å². The molecule has 0 bridgehead atoms. The van der Waals surface area contributed by atoms with Gasteiger partial charge in [0.25, 0.3) is 5.56 Å². The lowest BCUT2D eigenvalue weighted by Crippen LogP contribution is -2.10. The Hall–Kier alpha value is -2.11. The van der Waals surface area contributed by atoms with Gasteiger partial charge < -0.3 is 0 Å². The van der Waals surface area contributed by atoms with E-state index >= 15 is 0 Å². The molecule has 0 spiro atoms. The number of alkyl halides is 3. The summed E-state index contributed by atoms with van der Waals surface area (Å²) in [6.07, 6.45) is -4.45. The van der Waals surface area contributed by atoms with Crippen LogP contribution in [0.2, 0.25) is 0 Å². The Kier molecular flexibility index (Phi) is 2.71. The number of rotatable bonds is 1. The minimum absolute atomic E-state index is 0.0590. The van der Waals surface area contributed by atoms with Gasteiger partial charge in [-0.15, -0.1) is 0 Å². The summed E-state index contributed by atoms with van der Waals surface area (Å²) in [5.41, 5.74) is -1.22. The Morgan fingerprint density at radius 1 is 1.06 bits per heavy atom. The Labute approximate surface area is 93.9 Å². The van der Waals surface area contributed by atoms with E-state index in [1.807, 2.05) is 0 Å². The van der Waals surface area contributed by atoms with Crippen molar-refractivity contribution >= 4 is 0 Å². The molecule has 1 heterocycles. The molecule has 2 rings (SSSR count). The number of nitrogens with one attached hydrogen (secondary N) is 1. The van der Waals surface area contributed by atoms with Crippen LogP contribution in [0.1, 0.15) is 5.56 Å². The van der Waals surface area contributed by atoms with E-state index in [0.717, 1.165) is 12.1 Å². The first-order valence-corrected chi connectivity index (χ1v) is 4.71. The van der Waals surface area contributed by atoms with Crippen LogP contribution in [0.4, 0.5) is 13.2 Å². The molecule has 0 atom stereocenters. The third-order valence-corrected chi connectivity index (χ3v) is 2.19. The van der Waals surface area contributed by atoms with Crippen molar-refractivity contribution in [2.24, 2.45) is 0 Å². The molecule has 17 heavy (non-hydrogen) atoms. The van der Waals surface area contributed by atoms with E-state index in [-0.39, 0.29) is 11.3 Å². The molecule has 0 fully saturated rings. The molecule has 0 aliphatic rings. The van der Waals surface area contributed by atoms with Gasteiger partial charge in [-0.25, -0.2) is 5.10 Å². The Bertz CT molecular complexity index is 569. The fraction of sp³-hybridized carbons (Fsp3) is 0.0909. The number of hydrogen-bond donors (Lipinski definition) is 1. The molecule has 0 aliphatic carbocycles. The van der Waals surface area contributed by atoms with Crippen LogP contribution < -0.4 is 5.56 Å². The normalized spacial score (nSPS) is 11.5. The van der Waals surface area contributed by atoms with Gasteiger partial charge in [-0.3, -0.25) is 4.79 Å². The van der Waals surface area contributed by atoms with E-state index in [1.54, 1.807) is 0 Å². The minimum atomic E-state index is -4.45. The zero-order valence-electron chi connectivity index (χ0n) is 8.45. The zero-order valence-corrected chi connectivity index (χ0v) is 8.45. The lowest BCUT2D eigenvalue weighted by molar-refractivity contribution is -0.137. The largest absolute Gasteiger partial charge is 0.417 e. The summed E-state index contributed by atoms with van der Waals surface area (Å²) < 4.78 is 38.1. The molecule has 88 valence electrons. The summed E-state index contributed by atoms with van der Waals surface area (Å²) in [7, 11) is 0. The molecule has 0 saturated heterocycles. The smallest absolute Gasteiger partial charge is 0.268 e. The maximum Gasteiger partial charge on any atom is 0.417 e. The lowest BCUT2D eigenvalue weighted by Gasteiger charge is -2.11. The van der Waals surface area contributed by atoms with E-state index in [4.69, 9.17) is 0 Å². The van der Waals surface area contributed by atoms with E-state index in [0.29, 0.717) is 0 Å². The molecule has 3 nitrogen and oxygen atoms in total. The standard InChI is InChI=1S/C11H7F3N2O/c12-11(13,14)8-4-2-1-3-7(8)9-5-6-10(17)16-15-9/h1-6H,(H,16,17). The number of nitrogens with zero attached hydrogens (tertiary/aromatic N) is 1. The second-order valence-electron chi connectivity index (χ2n) is 3.35. The fourth-order valence-electron chi connectivity index (χ4n) is 1.45. The van der Waals surface area contributed by atoms with Crippen molar-refractivity contribution in [3.63, 3.8) is 0 Å². The van der Waals surface area contributed by atoms with Crippen LogP contribution >= 0.6 is 0 Å². The van der Waals surface area contributed by atoms with E-state index in [2.05, 4.69) is 10.2 Å². The van der Waals surface area contributed by atoms with Crippen LogP contribution in [0.25, 0.3) is 11.3 Å². The number of H-pyrrole nitrogens is 1. The van der Waals surface area contributed by atoms with Crippen LogP contribution in [0.3, 0.4) is 0 Å². The fourth-order valence-corrected chi connectivity index (χ4v) is 1.45. The van der Waals surface area contributed by atoms with Gasteiger partial charge in [0.15, 0.2) is 0 Å². The highest BCUT2D eigenvalue weighted by atomic mass is 19.4. The summed E-state index contributed by atoms with van der Waals surface area (Å²) in [5, 5.41) is 5.69. The summed E-state index contributed by atoms with van der Waals surface area (Å²) in [5.74, 6) is 0. The van der Waals surface area contributed by atoms with Crippen LogP contribution in [-0.4, -0.2) is 10.2 Å². The summed E-state index contributed by atoms with van der Waals surface area (Å²) in [6.45, 7) is 0. The Morgan fingerprint density at radius 2 is 1.76 bits per heavy atom. The second-order valence-corrected chi connectivity index (χ2v) is 3.35. The molecule has 0 amide bonds. The topological polar surface area (TPSA) is 45.8 Å². The van der Waals surface area contributed by atoms with Crippen LogP contribution in [0.5, 0.6) is 0 Å². The monoisotopic (exact) mass is 240 g/mol. The maximum atomic E-state index is 12.7. The van der Waals surface area contributed by atoms with Gasteiger partial charge in [-0.2, -0.15) is 18.3 Å². The van der Waals surface area contributed by atoms with E-state index < -0.39 is 17.3 Å². The summed E-state index contributed by atoms with van der Waals surface area (Å²) in [4.78, 5) is 10.8. The molecule has 0 radical (unpaired) electrons. The second kappa shape index (κ2) is 4.04. The molecule has 6 heteroatoms. The molecule has 0 saturated carbocycles. The minimum Gasteiger partial charge on any atom is -0.268 e. The van der Waals surface area contributed by atoms with Crippen molar-refractivity contribution in [1.82, 2.24) is 10.2 Å². The number of halogens is 3. The number of benzene rings is 1. The van der Waals surface area contributed by atoms with Crippen LogP contribution in [0.15, 0.2) is 41.2 Å². The van der Waals surface area contributed by atoms with Gasteiger partial charge in [0.1, 0.15) is 0 Å². The van der Waals surface area contributed by atoms with Crippen molar-refractivity contribution < 1.29 is 13.2 Å². The van der Waals surface area contributed by atoms with Gasteiger partial charge in [-0.05, 0) is 12.1 Å². The van der Waals surface area contributed by atoms with Gasteiger partial charge in [0.05, 0.1) is 11.3 Å². The predicted molar refractivity (Wildman–Crippen MR) is 55.3 cm³/mol. The molecule has 1 N–H and O–H groups in total. The van der Waals surface area contributed by atoms with E-state index in [9.17, 15) is 18.0 Å². The van der Waals surface area contributed by atoms with Crippen molar-refractivity contribution in [3.8, 4) is 11.3 Å².